The maximum Gasteiger partial charge on any atom is 0.449 e. The fourth-order valence-electron chi connectivity index (χ4n) is 2.33. The Morgan fingerprint density at radius 2 is 1.75 bits per heavy atom. The third kappa shape index (κ3) is 3.22. The molecule has 0 aliphatic carbocycles. The molecule has 3 aromatic rings. The van der Waals surface area contributed by atoms with Crippen LogP contribution >= 0.6 is 0 Å². The minimum absolute atomic E-state index is 0.152. The predicted octanol–water partition coefficient (Wildman–Crippen LogP) is 3.83. The largest absolute Gasteiger partial charge is 0.449 e. The molecule has 0 radical (unpaired) electrons. The maximum atomic E-state index is 13.2. The first-order valence-electron chi connectivity index (χ1n) is 6.92. The fourth-order valence-corrected chi connectivity index (χ4v) is 2.33. The number of nitrogens with one attached hydrogen (secondary N) is 1. The lowest BCUT2D eigenvalue weighted by Crippen LogP contribution is -2.23. The lowest BCUT2D eigenvalue weighted by Gasteiger charge is -2.11. The summed E-state index contributed by atoms with van der Waals surface area (Å²) in [6.45, 7) is -0.563. The molecule has 2 aromatic carbocycles. The summed E-state index contributed by atoms with van der Waals surface area (Å²) in [6.07, 6.45) is -4.69. The molecular weight excluding hydrogens is 326 g/mol. The molecule has 0 bridgehead atoms. The van der Waals surface area contributed by atoms with Gasteiger partial charge in [-0.25, -0.2) is 9.37 Å². The fraction of sp³-hybridized carbons (Fsp3) is 0.125. The van der Waals surface area contributed by atoms with Crippen molar-refractivity contribution in [3.8, 4) is 0 Å². The Morgan fingerprint density at radius 3 is 2.42 bits per heavy atom. The van der Waals surface area contributed by atoms with Crippen molar-refractivity contribution in [3.05, 3.63) is 60.2 Å². The summed E-state index contributed by atoms with van der Waals surface area (Å²) in [7, 11) is 0. The minimum atomic E-state index is -4.69. The summed E-state index contributed by atoms with van der Waals surface area (Å²) in [6, 6.07) is 11.0. The molecule has 1 aromatic heterocycles. The summed E-state index contributed by atoms with van der Waals surface area (Å²) in [5, 5.41) is 2.43. The van der Waals surface area contributed by atoms with Gasteiger partial charge in [0.25, 0.3) is 0 Å². The molecule has 0 saturated heterocycles. The molecule has 24 heavy (non-hydrogen) atoms. The standard InChI is InChI=1S/C16H11F4N3O/c17-10-5-7-11(8-6-10)21-14(24)9-23-13-4-2-1-3-12(13)22-15(23)16(18,19)20/h1-8H,9H2,(H,21,24). The van der Waals surface area contributed by atoms with Gasteiger partial charge < -0.3 is 9.88 Å². The summed E-state index contributed by atoms with van der Waals surface area (Å²) in [4.78, 5) is 15.6. The molecule has 1 heterocycles. The Kier molecular flexibility index (Phi) is 3.96. The third-order valence-electron chi connectivity index (χ3n) is 3.34. The second kappa shape index (κ2) is 5.95. The molecule has 0 spiro atoms. The topological polar surface area (TPSA) is 46.9 Å². The number of rotatable bonds is 3. The van der Waals surface area contributed by atoms with Crippen molar-refractivity contribution in [2.24, 2.45) is 0 Å². The van der Waals surface area contributed by atoms with Gasteiger partial charge in [0.2, 0.25) is 11.7 Å². The van der Waals surface area contributed by atoms with Crippen molar-refractivity contribution in [1.29, 1.82) is 0 Å². The lowest BCUT2D eigenvalue weighted by molar-refractivity contribution is -0.147. The third-order valence-corrected chi connectivity index (χ3v) is 3.34. The number of imidazole rings is 1. The van der Waals surface area contributed by atoms with Crippen LogP contribution in [0.4, 0.5) is 23.2 Å². The number of carbonyl (C=O) groups excluding carboxylic acids is 1. The quantitative estimate of drug-likeness (QED) is 0.738. The van der Waals surface area contributed by atoms with E-state index < -0.39 is 30.3 Å². The van der Waals surface area contributed by atoms with E-state index in [0.717, 1.165) is 16.7 Å². The van der Waals surface area contributed by atoms with Crippen LogP contribution in [0.1, 0.15) is 5.82 Å². The molecule has 0 aliphatic rings. The molecular formula is C16H11F4N3O. The zero-order chi connectivity index (χ0) is 17.3. The van der Waals surface area contributed by atoms with Crippen molar-refractivity contribution in [2.45, 2.75) is 12.7 Å². The SMILES string of the molecule is O=C(Cn1c(C(F)(F)F)nc2ccccc21)Nc1ccc(F)cc1. The second-order valence-corrected chi connectivity index (χ2v) is 5.06. The van der Waals surface area contributed by atoms with E-state index in [0.29, 0.717) is 5.69 Å². The molecule has 0 atom stereocenters. The van der Waals surface area contributed by atoms with Crippen LogP contribution in [0.2, 0.25) is 0 Å². The van der Waals surface area contributed by atoms with Gasteiger partial charge in [-0.05, 0) is 36.4 Å². The zero-order valence-corrected chi connectivity index (χ0v) is 12.1. The van der Waals surface area contributed by atoms with E-state index in [9.17, 15) is 22.4 Å². The molecule has 0 saturated carbocycles. The van der Waals surface area contributed by atoms with Gasteiger partial charge >= 0.3 is 6.18 Å². The van der Waals surface area contributed by atoms with E-state index in [2.05, 4.69) is 10.3 Å². The number of fused-ring (bicyclic) bond motifs is 1. The first kappa shape index (κ1) is 16.0. The van der Waals surface area contributed by atoms with E-state index in [-0.39, 0.29) is 11.0 Å². The van der Waals surface area contributed by atoms with Gasteiger partial charge in [0.05, 0.1) is 11.0 Å². The highest BCUT2D eigenvalue weighted by Crippen LogP contribution is 2.31. The molecule has 3 rings (SSSR count). The average Bonchev–Trinajstić information content (AvgIpc) is 2.89. The van der Waals surface area contributed by atoms with Gasteiger partial charge in [-0.1, -0.05) is 12.1 Å². The smallest absolute Gasteiger partial charge is 0.325 e. The Balaban J connectivity index is 1.91. The minimum Gasteiger partial charge on any atom is -0.325 e. The molecule has 4 nitrogen and oxygen atoms in total. The van der Waals surface area contributed by atoms with E-state index in [1.165, 1.54) is 24.3 Å². The number of benzene rings is 2. The number of halogens is 4. The van der Waals surface area contributed by atoms with Crippen molar-refractivity contribution in [1.82, 2.24) is 9.55 Å². The van der Waals surface area contributed by atoms with Gasteiger partial charge in [-0.3, -0.25) is 4.79 Å². The number of anilines is 1. The number of aromatic nitrogens is 2. The monoisotopic (exact) mass is 337 g/mol. The van der Waals surface area contributed by atoms with Crippen LogP contribution < -0.4 is 5.32 Å². The normalized spacial score (nSPS) is 11.7. The van der Waals surface area contributed by atoms with Crippen molar-refractivity contribution in [2.75, 3.05) is 5.32 Å². The van der Waals surface area contributed by atoms with Crippen LogP contribution in [0.15, 0.2) is 48.5 Å². The highest BCUT2D eigenvalue weighted by atomic mass is 19.4. The molecule has 0 fully saturated rings. The van der Waals surface area contributed by atoms with Gasteiger partial charge in [0.1, 0.15) is 12.4 Å². The predicted molar refractivity (Wildman–Crippen MR) is 79.8 cm³/mol. The van der Waals surface area contributed by atoms with Crippen molar-refractivity contribution < 1.29 is 22.4 Å². The van der Waals surface area contributed by atoms with E-state index in [1.54, 1.807) is 12.1 Å². The van der Waals surface area contributed by atoms with Gasteiger partial charge in [0.15, 0.2) is 0 Å². The Bertz CT molecular complexity index is 884. The summed E-state index contributed by atoms with van der Waals surface area (Å²) in [5.41, 5.74) is 0.651. The van der Waals surface area contributed by atoms with Gasteiger partial charge in [0, 0.05) is 5.69 Å². The molecule has 0 unspecified atom stereocenters. The first-order valence-corrected chi connectivity index (χ1v) is 6.92. The number of hydrogen-bond acceptors (Lipinski definition) is 2. The zero-order valence-electron chi connectivity index (χ0n) is 12.1. The van der Waals surface area contributed by atoms with E-state index >= 15 is 0 Å². The van der Waals surface area contributed by atoms with Gasteiger partial charge in [-0.15, -0.1) is 0 Å². The molecule has 124 valence electrons. The molecule has 1 amide bonds. The molecule has 0 aliphatic heterocycles. The van der Waals surface area contributed by atoms with Gasteiger partial charge in [-0.2, -0.15) is 13.2 Å². The summed E-state index contributed by atoms with van der Waals surface area (Å²) >= 11 is 0. The molecule has 1 N–H and O–H groups in total. The van der Waals surface area contributed by atoms with Crippen LogP contribution in [0.25, 0.3) is 11.0 Å². The van der Waals surface area contributed by atoms with E-state index in [4.69, 9.17) is 0 Å². The van der Waals surface area contributed by atoms with Crippen molar-refractivity contribution in [3.63, 3.8) is 0 Å². The van der Waals surface area contributed by atoms with Crippen LogP contribution in [0, 0.1) is 5.82 Å². The number of carbonyl (C=O) groups is 1. The second-order valence-electron chi connectivity index (χ2n) is 5.06. The Labute approximate surface area is 133 Å². The number of hydrogen-bond donors (Lipinski definition) is 1. The van der Waals surface area contributed by atoms with Crippen LogP contribution in [-0.4, -0.2) is 15.5 Å². The highest BCUT2D eigenvalue weighted by molar-refractivity contribution is 5.91. The van der Waals surface area contributed by atoms with Crippen LogP contribution in [0.3, 0.4) is 0 Å². The van der Waals surface area contributed by atoms with Crippen LogP contribution in [-0.2, 0) is 17.5 Å². The van der Waals surface area contributed by atoms with Crippen molar-refractivity contribution >= 4 is 22.6 Å². The molecule has 8 heteroatoms. The number of nitrogens with zero attached hydrogens (tertiary/aromatic N) is 2. The number of amides is 1. The highest BCUT2D eigenvalue weighted by Gasteiger charge is 2.37. The average molecular weight is 337 g/mol. The van der Waals surface area contributed by atoms with Crippen LogP contribution in [0.5, 0.6) is 0 Å². The Morgan fingerprint density at radius 1 is 1.08 bits per heavy atom. The van der Waals surface area contributed by atoms with E-state index in [1.807, 2.05) is 0 Å². The first-order chi connectivity index (χ1) is 11.3. The maximum absolute atomic E-state index is 13.2. The Hall–Kier alpha value is -2.90. The summed E-state index contributed by atoms with van der Waals surface area (Å²) < 4.78 is 53.1. The number of alkyl halides is 3. The number of para-hydroxylation sites is 2. The summed E-state index contributed by atoms with van der Waals surface area (Å²) in [5.74, 6) is -2.29. The lowest BCUT2D eigenvalue weighted by atomic mass is 10.3.